The predicted octanol–water partition coefficient (Wildman–Crippen LogP) is 3.12. The van der Waals surface area contributed by atoms with Gasteiger partial charge < -0.3 is 5.32 Å². The molecule has 1 saturated carbocycles. The summed E-state index contributed by atoms with van der Waals surface area (Å²) in [5, 5.41) is 7.79. The number of aromatic nitrogens is 3. The highest BCUT2D eigenvalue weighted by Gasteiger charge is 2.35. The summed E-state index contributed by atoms with van der Waals surface area (Å²) in [6, 6.07) is 8.01. The molecule has 1 heterocycles. The van der Waals surface area contributed by atoms with Crippen molar-refractivity contribution in [3.05, 3.63) is 59.7 Å². The first kappa shape index (κ1) is 16.7. The number of nitrogens with zero attached hydrogens (tertiary/aromatic N) is 3. The van der Waals surface area contributed by atoms with Crippen LogP contribution in [0.5, 0.6) is 0 Å². The van der Waals surface area contributed by atoms with Crippen LogP contribution in [0.4, 0.5) is 0 Å². The Morgan fingerprint density at radius 2 is 2.21 bits per heavy atom. The van der Waals surface area contributed by atoms with Gasteiger partial charge in [-0.15, -0.1) is 0 Å². The van der Waals surface area contributed by atoms with Gasteiger partial charge in [0.05, 0.1) is 6.54 Å². The number of amides is 1. The number of carbonyl (C=O) groups excluding carboxylic acids is 1. The Bertz CT molecular complexity index is 706. The maximum Gasteiger partial charge on any atom is 0.243 e. The van der Waals surface area contributed by atoms with E-state index in [0.29, 0.717) is 13.1 Å². The van der Waals surface area contributed by atoms with Gasteiger partial charge in [-0.2, -0.15) is 5.10 Å². The van der Waals surface area contributed by atoms with Gasteiger partial charge in [0.25, 0.3) is 0 Å². The highest BCUT2D eigenvalue weighted by molar-refractivity contribution is 6.30. The molecule has 0 atom stereocenters. The number of allylic oxidation sites excluding steroid dienone is 1. The number of carbonyl (C=O) groups is 1. The summed E-state index contributed by atoms with van der Waals surface area (Å²) in [6.07, 6.45) is 11.0. The van der Waals surface area contributed by atoms with Crippen LogP contribution in [0.3, 0.4) is 0 Å². The molecule has 2 aromatic rings. The molecule has 0 unspecified atom stereocenters. The quantitative estimate of drug-likeness (QED) is 0.819. The number of hydrogen-bond acceptors (Lipinski definition) is 3. The highest BCUT2D eigenvalue weighted by atomic mass is 35.5. The molecule has 6 heteroatoms. The van der Waals surface area contributed by atoms with E-state index in [9.17, 15) is 4.79 Å². The maximum absolute atomic E-state index is 12.1. The van der Waals surface area contributed by atoms with Crippen LogP contribution in [0.2, 0.25) is 5.02 Å². The van der Waals surface area contributed by atoms with Crippen LogP contribution in [0.15, 0.2) is 49.1 Å². The molecular formula is C18H21ClN4O. The third-order valence-electron chi connectivity index (χ3n) is 4.63. The lowest BCUT2D eigenvalue weighted by atomic mass is 9.79. The molecule has 0 spiro atoms. The van der Waals surface area contributed by atoms with Crippen molar-refractivity contribution in [3.63, 3.8) is 0 Å². The minimum Gasteiger partial charge on any atom is -0.352 e. The molecule has 0 radical (unpaired) electrons. The molecule has 1 aromatic carbocycles. The fourth-order valence-electron chi connectivity index (χ4n) is 3.35. The minimum atomic E-state index is -0.0802. The zero-order valence-corrected chi connectivity index (χ0v) is 14.2. The van der Waals surface area contributed by atoms with Gasteiger partial charge in [-0.25, -0.2) is 9.67 Å². The molecule has 1 aliphatic carbocycles. The van der Waals surface area contributed by atoms with E-state index in [1.165, 1.54) is 24.7 Å². The first-order valence-corrected chi connectivity index (χ1v) is 8.59. The van der Waals surface area contributed by atoms with Gasteiger partial charge in [-0.3, -0.25) is 4.79 Å². The number of halogens is 1. The lowest BCUT2D eigenvalue weighted by Crippen LogP contribution is -2.38. The molecule has 0 saturated heterocycles. The van der Waals surface area contributed by atoms with Crippen molar-refractivity contribution in [1.29, 1.82) is 0 Å². The summed E-state index contributed by atoms with van der Waals surface area (Å²) in [4.78, 5) is 16.0. The van der Waals surface area contributed by atoms with Crippen molar-refractivity contribution in [3.8, 4) is 0 Å². The van der Waals surface area contributed by atoms with Gasteiger partial charge in [0, 0.05) is 23.1 Å². The van der Waals surface area contributed by atoms with Crippen molar-refractivity contribution >= 4 is 17.5 Å². The summed E-state index contributed by atoms with van der Waals surface area (Å²) >= 11 is 6.15. The van der Waals surface area contributed by atoms with E-state index in [1.807, 2.05) is 18.2 Å². The molecule has 24 heavy (non-hydrogen) atoms. The van der Waals surface area contributed by atoms with Crippen LogP contribution in [-0.4, -0.2) is 27.2 Å². The van der Waals surface area contributed by atoms with E-state index in [-0.39, 0.29) is 11.3 Å². The van der Waals surface area contributed by atoms with E-state index in [2.05, 4.69) is 21.5 Å². The Morgan fingerprint density at radius 3 is 2.92 bits per heavy atom. The van der Waals surface area contributed by atoms with Crippen LogP contribution in [-0.2, 0) is 16.8 Å². The van der Waals surface area contributed by atoms with E-state index < -0.39 is 0 Å². The van der Waals surface area contributed by atoms with E-state index in [0.717, 1.165) is 17.9 Å². The second kappa shape index (κ2) is 7.62. The summed E-state index contributed by atoms with van der Waals surface area (Å²) in [7, 11) is 0. The molecule has 5 nitrogen and oxygen atoms in total. The number of nitrogens with one attached hydrogen (secondary N) is 1. The van der Waals surface area contributed by atoms with Gasteiger partial charge in [-0.05, 0) is 30.5 Å². The normalized spacial score (nSPS) is 16.5. The SMILES string of the molecule is O=C(/C=C/Cn1cncn1)NCC1(c2cccc(Cl)c2)CCCC1. The average Bonchev–Trinajstić information content (AvgIpc) is 3.25. The van der Waals surface area contributed by atoms with Crippen LogP contribution in [0, 0.1) is 0 Å². The lowest BCUT2D eigenvalue weighted by Gasteiger charge is -2.30. The number of benzene rings is 1. The van der Waals surface area contributed by atoms with E-state index in [4.69, 9.17) is 11.6 Å². The predicted molar refractivity (Wildman–Crippen MR) is 93.8 cm³/mol. The Kier molecular flexibility index (Phi) is 5.30. The summed E-state index contributed by atoms with van der Waals surface area (Å²) in [5.41, 5.74) is 1.22. The molecule has 1 aliphatic rings. The van der Waals surface area contributed by atoms with Gasteiger partial charge >= 0.3 is 0 Å². The fraction of sp³-hybridized carbons (Fsp3) is 0.389. The first-order chi connectivity index (χ1) is 11.7. The minimum absolute atomic E-state index is 0.000301. The second-order valence-electron chi connectivity index (χ2n) is 6.24. The van der Waals surface area contributed by atoms with E-state index >= 15 is 0 Å². The van der Waals surface area contributed by atoms with E-state index in [1.54, 1.807) is 23.2 Å². The third-order valence-corrected chi connectivity index (χ3v) is 4.86. The molecular weight excluding hydrogens is 324 g/mol. The summed E-state index contributed by atoms with van der Waals surface area (Å²) in [5.74, 6) is -0.0802. The Balaban J connectivity index is 1.60. The highest BCUT2D eigenvalue weighted by Crippen LogP contribution is 2.41. The maximum atomic E-state index is 12.1. The standard InChI is InChI=1S/C18H21ClN4O/c19-16-6-3-5-15(11-16)18(8-1-2-9-18)12-21-17(24)7-4-10-23-14-20-13-22-23/h3-7,11,13-14H,1-2,8-10,12H2,(H,21,24)/b7-4+. The molecule has 0 bridgehead atoms. The Morgan fingerprint density at radius 1 is 1.38 bits per heavy atom. The van der Waals surface area contributed by atoms with Gasteiger partial charge in [-0.1, -0.05) is 42.7 Å². The summed E-state index contributed by atoms with van der Waals surface area (Å²) in [6.45, 7) is 1.17. The first-order valence-electron chi connectivity index (χ1n) is 8.21. The monoisotopic (exact) mass is 344 g/mol. The van der Waals surface area contributed by atoms with Crippen molar-refractivity contribution in [1.82, 2.24) is 20.1 Å². The second-order valence-corrected chi connectivity index (χ2v) is 6.67. The van der Waals surface area contributed by atoms with Crippen LogP contribution < -0.4 is 5.32 Å². The van der Waals surface area contributed by atoms with Gasteiger partial charge in [0.15, 0.2) is 0 Å². The van der Waals surface area contributed by atoms with Crippen LogP contribution in [0.25, 0.3) is 0 Å². The lowest BCUT2D eigenvalue weighted by molar-refractivity contribution is -0.116. The van der Waals surface area contributed by atoms with Gasteiger partial charge in [0.2, 0.25) is 5.91 Å². The molecule has 1 amide bonds. The molecule has 126 valence electrons. The van der Waals surface area contributed by atoms with Crippen LogP contribution >= 0.6 is 11.6 Å². The van der Waals surface area contributed by atoms with Crippen LogP contribution in [0.1, 0.15) is 31.2 Å². The van der Waals surface area contributed by atoms with Crippen molar-refractivity contribution in [2.75, 3.05) is 6.54 Å². The van der Waals surface area contributed by atoms with Gasteiger partial charge in [0.1, 0.15) is 12.7 Å². The fourth-order valence-corrected chi connectivity index (χ4v) is 3.54. The molecule has 1 fully saturated rings. The average molecular weight is 345 g/mol. The van der Waals surface area contributed by atoms with Crippen molar-refractivity contribution in [2.24, 2.45) is 0 Å². The number of rotatable bonds is 6. The zero-order chi connectivity index (χ0) is 16.8. The molecule has 0 aliphatic heterocycles. The topological polar surface area (TPSA) is 59.8 Å². The van der Waals surface area contributed by atoms with Crippen molar-refractivity contribution < 1.29 is 4.79 Å². The Hall–Kier alpha value is -2.14. The molecule has 1 aromatic heterocycles. The molecule has 1 N–H and O–H groups in total. The molecule has 3 rings (SSSR count). The largest absolute Gasteiger partial charge is 0.352 e. The Labute approximate surface area is 146 Å². The smallest absolute Gasteiger partial charge is 0.243 e. The summed E-state index contributed by atoms with van der Waals surface area (Å²) < 4.78 is 1.66. The zero-order valence-electron chi connectivity index (χ0n) is 13.5. The third kappa shape index (κ3) is 4.03. The number of hydrogen-bond donors (Lipinski definition) is 1. The van der Waals surface area contributed by atoms with Crippen molar-refractivity contribution in [2.45, 2.75) is 37.6 Å².